The Balaban J connectivity index is 1.66. The minimum atomic E-state index is -0.131. The smallest absolute Gasteiger partial charge is 0.257 e. The number of carbonyl (C=O) groups is 2. The molecule has 0 aromatic carbocycles. The van der Waals surface area contributed by atoms with Gasteiger partial charge in [0, 0.05) is 57.0 Å². The molecule has 2 aliphatic rings. The minimum absolute atomic E-state index is 0.0417. The molecule has 0 unspecified atom stereocenters. The Morgan fingerprint density at radius 2 is 1.91 bits per heavy atom. The second-order valence-corrected chi connectivity index (χ2v) is 6.94. The van der Waals surface area contributed by atoms with Crippen molar-refractivity contribution >= 4 is 23.6 Å². The highest BCUT2D eigenvalue weighted by Crippen LogP contribution is 2.32. The van der Waals surface area contributed by atoms with Crippen molar-refractivity contribution in [3.63, 3.8) is 0 Å². The van der Waals surface area contributed by atoms with Gasteiger partial charge in [0.15, 0.2) is 5.16 Å². The molecule has 23 heavy (non-hydrogen) atoms. The molecule has 124 valence electrons. The van der Waals surface area contributed by atoms with E-state index in [4.69, 9.17) is 0 Å². The van der Waals surface area contributed by atoms with Crippen LogP contribution in [0.4, 0.5) is 0 Å². The van der Waals surface area contributed by atoms with E-state index in [2.05, 4.69) is 4.98 Å². The van der Waals surface area contributed by atoms with E-state index in [9.17, 15) is 14.4 Å². The van der Waals surface area contributed by atoms with Crippen molar-refractivity contribution in [2.45, 2.75) is 31.5 Å². The van der Waals surface area contributed by atoms with Gasteiger partial charge in [-0.3, -0.25) is 19.0 Å². The van der Waals surface area contributed by atoms with E-state index in [0.717, 1.165) is 0 Å². The van der Waals surface area contributed by atoms with E-state index < -0.39 is 0 Å². The minimum Gasteiger partial charge on any atom is -0.339 e. The number of hydrogen-bond acceptors (Lipinski definition) is 5. The van der Waals surface area contributed by atoms with E-state index in [1.165, 1.54) is 11.8 Å². The van der Waals surface area contributed by atoms with E-state index in [0.29, 0.717) is 49.1 Å². The zero-order valence-corrected chi connectivity index (χ0v) is 14.1. The molecule has 3 rings (SSSR count). The predicted molar refractivity (Wildman–Crippen MR) is 86.4 cm³/mol. The fraction of sp³-hybridized carbons (Fsp3) is 0.600. The van der Waals surface area contributed by atoms with Gasteiger partial charge >= 0.3 is 0 Å². The molecule has 0 radical (unpaired) electrons. The second kappa shape index (κ2) is 6.35. The number of rotatable bonds is 2. The van der Waals surface area contributed by atoms with Crippen LogP contribution in [-0.4, -0.2) is 63.1 Å². The Bertz CT molecular complexity index is 694. The summed E-state index contributed by atoms with van der Waals surface area (Å²) >= 11 is 1.52. The van der Waals surface area contributed by atoms with Gasteiger partial charge in [0.05, 0.1) is 6.04 Å². The summed E-state index contributed by atoms with van der Waals surface area (Å²) < 4.78 is 1.66. The largest absolute Gasteiger partial charge is 0.339 e. The van der Waals surface area contributed by atoms with Crippen molar-refractivity contribution in [2.75, 3.05) is 31.9 Å². The molecule has 3 heterocycles. The molecular weight excluding hydrogens is 316 g/mol. The quantitative estimate of drug-likeness (QED) is 0.725. The summed E-state index contributed by atoms with van der Waals surface area (Å²) in [4.78, 5) is 44.0. The molecule has 8 heteroatoms. The lowest BCUT2D eigenvalue weighted by Gasteiger charge is -2.34. The summed E-state index contributed by atoms with van der Waals surface area (Å²) in [6, 6.07) is -0.131. The lowest BCUT2D eigenvalue weighted by atomic mass is 10.2. The van der Waals surface area contributed by atoms with Crippen molar-refractivity contribution in [3.8, 4) is 0 Å². The number of thioether (sulfide) groups is 1. The first-order valence-electron chi connectivity index (χ1n) is 7.71. The summed E-state index contributed by atoms with van der Waals surface area (Å²) in [6.07, 6.45) is 1.90. The van der Waals surface area contributed by atoms with Crippen molar-refractivity contribution < 1.29 is 9.59 Å². The molecule has 7 nitrogen and oxygen atoms in total. The van der Waals surface area contributed by atoms with Crippen molar-refractivity contribution in [3.05, 3.63) is 22.1 Å². The van der Waals surface area contributed by atoms with Crippen LogP contribution in [0.2, 0.25) is 0 Å². The monoisotopic (exact) mass is 336 g/mol. The lowest BCUT2D eigenvalue weighted by Crippen LogP contribution is -2.50. The highest BCUT2D eigenvalue weighted by Gasteiger charge is 2.30. The molecule has 1 atom stereocenters. The average Bonchev–Trinajstić information content (AvgIpc) is 2.94. The molecular formula is C15H20N4O3S. The normalized spacial score (nSPS) is 20.5. The number of amides is 2. The van der Waals surface area contributed by atoms with E-state index in [1.54, 1.807) is 34.4 Å². The van der Waals surface area contributed by atoms with Crippen LogP contribution in [0.25, 0.3) is 0 Å². The maximum Gasteiger partial charge on any atom is 0.257 e. The van der Waals surface area contributed by atoms with Crippen LogP contribution in [0.5, 0.6) is 0 Å². The Labute approximate surface area is 138 Å². The van der Waals surface area contributed by atoms with Crippen LogP contribution < -0.4 is 5.56 Å². The number of hydrogen-bond donors (Lipinski definition) is 0. The van der Waals surface area contributed by atoms with Gasteiger partial charge in [-0.05, 0) is 6.92 Å². The van der Waals surface area contributed by atoms with Crippen molar-refractivity contribution in [2.24, 2.45) is 0 Å². The van der Waals surface area contributed by atoms with Gasteiger partial charge in [0.1, 0.15) is 0 Å². The maximum absolute atomic E-state index is 12.5. The van der Waals surface area contributed by atoms with Gasteiger partial charge in [-0.15, -0.1) is 0 Å². The molecule has 1 aromatic heterocycles. The molecule has 1 aromatic rings. The number of aryl methyl sites for hydroxylation is 1. The number of piperazine rings is 1. The Morgan fingerprint density at radius 1 is 1.26 bits per heavy atom. The zero-order chi connectivity index (χ0) is 16.6. The Hall–Kier alpha value is -1.83. The predicted octanol–water partition coefficient (Wildman–Crippen LogP) is 0.279. The van der Waals surface area contributed by atoms with Gasteiger partial charge in [-0.1, -0.05) is 11.8 Å². The summed E-state index contributed by atoms with van der Waals surface area (Å²) in [5.41, 5.74) is 0.544. The van der Waals surface area contributed by atoms with E-state index in [1.807, 2.05) is 0 Å². The summed E-state index contributed by atoms with van der Waals surface area (Å²) in [5, 5.41) is 0.694. The summed E-state index contributed by atoms with van der Waals surface area (Å²) in [7, 11) is 0. The van der Waals surface area contributed by atoms with Crippen molar-refractivity contribution in [1.29, 1.82) is 0 Å². The number of carbonyl (C=O) groups excluding carboxylic acids is 2. The third kappa shape index (κ3) is 3.12. The molecule has 0 bridgehead atoms. The maximum atomic E-state index is 12.5. The molecule has 1 saturated heterocycles. The molecule has 0 saturated carbocycles. The van der Waals surface area contributed by atoms with E-state index >= 15 is 0 Å². The van der Waals surface area contributed by atoms with Crippen LogP contribution in [0, 0.1) is 6.92 Å². The summed E-state index contributed by atoms with van der Waals surface area (Å²) in [5.74, 6) is 0.788. The van der Waals surface area contributed by atoms with Crippen LogP contribution in [0.15, 0.2) is 16.1 Å². The third-order valence-electron chi connectivity index (χ3n) is 4.39. The fourth-order valence-corrected chi connectivity index (χ4v) is 4.08. The topological polar surface area (TPSA) is 75.5 Å². The molecule has 1 fully saturated rings. The van der Waals surface area contributed by atoms with Crippen molar-refractivity contribution in [1.82, 2.24) is 19.4 Å². The summed E-state index contributed by atoms with van der Waals surface area (Å²) in [6.45, 7) is 5.57. The fourth-order valence-electron chi connectivity index (χ4n) is 2.97. The first kappa shape index (κ1) is 16.0. The van der Waals surface area contributed by atoms with Gasteiger partial charge < -0.3 is 9.80 Å². The number of nitrogens with zero attached hydrogens (tertiary/aromatic N) is 4. The third-order valence-corrected chi connectivity index (χ3v) is 5.50. The van der Waals surface area contributed by atoms with Gasteiger partial charge in [0.2, 0.25) is 11.8 Å². The first-order chi connectivity index (χ1) is 11.0. The molecule has 0 N–H and O–H groups in total. The standard InChI is InChI=1S/C15H20N4O3S/c1-10-8-16-15-19(14(10)22)12(9-23-15)7-13(21)18-5-3-17(4-6-18)11(2)20/h8,12H,3-7,9H2,1-2H3/t12-/m0/s1. The molecule has 0 spiro atoms. The zero-order valence-electron chi connectivity index (χ0n) is 13.3. The van der Waals surface area contributed by atoms with Gasteiger partial charge in [-0.25, -0.2) is 4.98 Å². The Kier molecular flexibility index (Phi) is 4.43. The van der Waals surface area contributed by atoms with Gasteiger partial charge in [-0.2, -0.15) is 0 Å². The SMILES string of the molecule is CC(=O)N1CCN(C(=O)C[C@H]2CSc3ncc(C)c(=O)n32)CC1. The molecule has 2 aliphatic heterocycles. The number of aromatic nitrogens is 2. The first-order valence-corrected chi connectivity index (χ1v) is 8.70. The second-order valence-electron chi connectivity index (χ2n) is 5.95. The van der Waals surface area contributed by atoms with Crippen LogP contribution >= 0.6 is 11.8 Å². The number of fused-ring (bicyclic) bond motifs is 1. The molecule has 2 amide bonds. The Morgan fingerprint density at radius 3 is 2.57 bits per heavy atom. The molecule has 0 aliphatic carbocycles. The van der Waals surface area contributed by atoms with Crippen LogP contribution in [-0.2, 0) is 9.59 Å². The van der Waals surface area contributed by atoms with Crippen LogP contribution in [0.3, 0.4) is 0 Å². The van der Waals surface area contributed by atoms with E-state index in [-0.39, 0.29) is 23.4 Å². The average molecular weight is 336 g/mol. The highest BCUT2D eigenvalue weighted by molar-refractivity contribution is 7.99. The van der Waals surface area contributed by atoms with Crippen LogP contribution in [0.1, 0.15) is 24.9 Å². The lowest BCUT2D eigenvalue weighted by molar-refractivity contribution is -0.138. The van der Waals surface area contributed by atoms with Gasteiger partial charge in [0.25, 0.3) is 5.56 Å². The highest BCUT2D eigenvalue weighted by atomic mass is 32.2.